The minimum absolute atomic E-state index is 0.750. The summed E-state index contributed by atoms with van der Waals surface area (Å²) in [6.07, 6.45) is 8.56. The molecule has 0 saturated heterocycles. The van der Waals surface area contributed by atoms with Crippen molar-refractivity contribution >= 4 is 5.57 Å². The van der Waals surface area contributed by atoms with E-state index in [1.807, 2.05) is 7.05 Å². The van der Waals surface area contributed by atoms with Crippen LogP contribution in [0.2, 0.25) is 0 Å². The van der Waals surface area contributed by atoms with E-state index in [2.05, 4.69) is 55.4 Å². The van der Waals surface area contributed by atoms with Crippen LogP contribution in [-0.4, -0.2) is 7.05 Å². The van der Waals surface area contributed by atoms with Gasteiger partial charge in [0.1, 0.15) is 0 Å². The van der Waals surface area contributed by atoms with E-state index < -0.39 is 0 Å². The molecule has 3 rings (SSSR count). The molecule has 0 heterocycles. The number of fused-ring (bicyclic) bond motifs is 2. The molecule has 2 bridgehead atoms. The number of aryl methyl sites for hydroxylation is 1. The summed E-state index contributed by atoms with van der Waals surface area (Å²) in [4.78, 5) is 0. The predicted molar refractivity (Wildman–Crippen MR) is 86.3 cm³/mol. The molecule has 2 fully saturated rings. The highest BCUT2D eigenvalue weighted by molar-refractivity contribution is 5.76. The van der Waals surface area contributed by atoms with Gasteiger partial charge in [-0.15, -0.1) is 0 Å². The Morgan fingerprint density at radius 3 is 2.60 bits per heavy atom. The maximum atomic E-state index is 4.30. The summed E-state index contributed by atoms with van der Waals surface area (Å²) in [5.74, 6) is 1.52. The molecule has 1 aromatic carbocycles. The third kappa shape index (κ3) is 2.22. The lowest BCUT2D eigenvalue weighted by molar-refractivity contribution is 0.650. The van der Waals surface area contributed by atoms with E-state index in [0.717, 1.165) is 17.4 Å². The minimum Gasteiger partial charge on any atom is -0.394 e. The highest BCUT2D eigenvalue weighted by Crippen LogP contribution is 2.52. The second-order valence-corrected chi connectivity index (χ2v) is 6.04. The van der Waals surface area contributed by atoms with E-state index in [-0.39, 0.29) is 0 Å². The molecular weight excluding hydrogens is 242 g/mol. The van der Waals surface area contributed by atoms with E-state index >= 15 is 0 Å². The van der Waals surface area contributed by atoms with E-state index in [1.54, 1.807) is 0 Å². The van der Waals surface area contributed by atoms with Crippen LogP contribution < -0.4 is 5.32 Å². The third-order valence-corrected chi connectivity index (χ3v) is 4.77. The molecule has 0 spiro atoms. The normalized spacial score (nSPS) is 28.3. The summed E-state index contributed by atoms with van der Waals surface area (Å²) in [6.45, 7) is 6.46. The molecule has 2 atom stereocenters. The molecule has 0 amide bonds. The van der Waals surface area contributed by atoms with Gasteiger partial charge in [0.25, 0.3) is 0 Å². The molecule has 1 nitrogen and oxygen atoms in total. The first kappa shape index (κ1) is 13.2. The van der Waals surface area contributed by atoms with E-state index in [9.17, 15) is 0 Å². The van der Waals surface area contributed by atoms with Gasteiger partial charge in [0, 0.05) is 7.05 Å². The van der Waals surface area contributed by atoms with Crippen LogP contribution in [-0.2, 0) is 0 Å². The van der Waals surface area contributed by atoms with Crippen LogP contribution in [0, 0.1) is 18.8 Å². The Labute approximate surface area is 122 Å². The largest absolute Gasteiger partial charge is 0.394 e. The Balaban J connectivity index is 1.94. The van der Waals surface area contributed by atoms with Crippen LogP contribution in [0.4, 0.5) is 0 Å². The van der Waals surface area contributed by atoms with Crippen molar-refractivity contribution in [2.75, 3.05) is 7.05 Å². The maximum Gasteiger partial charge on any atom is 0.00278 e. The zero-order valence-electron chi connectivity index (χ0n) is 12.4. The van der Waals surface area contributed by atoms with Gasteiger partial charge in [0.2, 0.25) is 0 Å². The summed E-state index contributed by atoms with van der Waals surface area (Å²) in [6, 6.07) is 8.51. The average molecular weight is 265 g/mol. The lowest BCUT2D eigenvalue weighted by Crippen LogP contribution is -2.07. The zero-order chi connectivity index (χ0) is 14.1. The van der Waals surface area contributed by atoms with Crippen molar-refractivity contribution in [1.29, 1.82) is 0 Å². The molecule has 0 aliphatic heterocycles. The molecular formula is C19H23N. The number of hydrogen-bond acceptors (Lipinski definition) is 1. The quantitative estimate of drug-likeness (QED) is 0.850. The fraction of sp³-hybridized carbons (Fsp3) is 0.368. The molecule has 1 heteroatoms. The predicted octanol–water partition coefficient (Wildman–Crippen LogP) is 4.47. The highest BCUT2D eigenvalue weighted by Gasteiger charge is 2.39. The molecule has 0 aromatic heterocycles. The topological polar surface area (TPSA) is 12.0 Å². The lowest BCUT2D eigenvalue weighted by Gasteiger charge is -2.18. The second kappa shape index (κ2) is 5.32. The molecule has 104 valence electrons. The van der Waals surface area contributed by atoms with Gasteiger partial charge >= 0.3 is 0 Å². The van der Waals surface area contributed by atoms with Gasteiger partial charge in [-0.1, -0.05) is 36.9 Å². The van der Waals surface area contributed by atoms with Crippen LogP contribution >= 0.6 is 0 Å². The van der Waals surface area contributed by atoms with Crippen molar-refractivity contribution in [2.24, 2.45) is 11.8 Å². The van der Waals surface area contributed by atoms with Crippen molar-refractivity contribution in [1.82, 2.24) is 5.32 Å². The van der Waals surface area contributed by atoms with Crippen LogP contribution in [0.25, 0.3) is 5.57 Å². The maximum absolute atomic E-state index is 4.30. The summed E-state index contributed by atoms with van der Waals surface area (Å²) >= 11 is 0. The molecule has 1 aromatic rings. The molecule has 20 heavy (non-hydrogen) atoms. The summed E-state index contributed by atoms with van der Waals surface area (Å²) in [7, 11) is 1.99. The van der Waals surface area contributed by atoms with Crippen LogP contribution in [0.1, 0.15) is 30.4 Å². The molecule has 2 aliphatic rings. The van der Waals surface area contributed by atoms with Crippen molar-refractivity contribution < 1.29 is 0 Å². The molecule has 0 radical (unpaired) electrons. The molecule has 2 unspecified atom stereocenters. The monoisotopic (exact) mass is 265 g/mol. The summed E-state index contributed by atoms with van der Waals surface area (Å²) in [5.41, 5.74) is 6.75. The second-order valence-electron chi connectivity index (χ2n) is 6.04. The smallest absolute Gasteiger partial charge is 0.00278 e. The Morgan fingerprint density at radius 1 is 1.20 bits per heavy atom. The number of allylic oxidation sites excluding steroid dienone is 4. The minimum atomic E-state index is 0.750. The van der Waals surface area contributed by atoms with Gasteiger partial charge in [-0.25, -0.2) is 0 Å². The van der Waals surface area contributed by atoms with Gasteiger partial charge in [0.05, 0.1) is 0 Å². The van der Waals surface area contributed by atoms with E-state index in [0.29, 0.717) is 0 Å². The standard InChI is InChI=1S/C19H23N/c1-13-6-4-5-7-17(13)14(2)10-18-15-8-9-16(11-15)19(18)12-20-3/h4-7,10,12,15-16,20H,2,8-9,11H2,1,3H3/b18-10-,19-12-. The Kier molecular flexibility index (Phi) is 3.52. The lowest BCUT2D eigenvalue weighted by atomic mass is 9.87. The average Bonchev–Trinajstić information content (AvgIpc) is 3.02. The van der Waals surface area contributed by atoms with Gasteiger partial charge < -0.3 is 5.32 Å². The van der Waals surface area contributed by atoms with Gasteiger partial charge in [0.15, 0.2) is 0 Å². The van der Waals surface area contributed by atoms with Crippen molar-refractivity contribution in [2.45, 2.75) is 26.2 Å². The molecule has 2 saturated carbocycles. The van der Waals surface area contributed by atoms with Crippen molar-refractivity contribution in [3.05, 3.63) is 65.4 Å². The van der Waals surface area contributed by atoms with E-state index in [4.69, 9.17) is 0 Å². The Hall–Kier alpha value is -1.76. The SMILES string of the molecule is C=C(/C=C1\C(=C/NC)C2CCC1C2)c1ccccc1C. The summed E-state index contributed by atoms with van der Waals surface area (Å²) in [5, 5.41) is 3.22. The first-order valence-electron chi connectivity index (χ1n) is 7.55. The zero-order valence-corrected chi connectivity index (χ0v) is 12.4. The fourth-order valence-corrected chi connectivity index (χ4v) is 3.77. The third-order valence-electron chi connectivity index (χ3n) is 4.77. The number of rotatable bonds is 3. The molecule has 1 N–H and O–H groups in total. The number of benzene rings is 1. The van der Waals surface area contributed by atoms with Crippen molar-refractivity contribution in [3.8, 4) is 0 Å². The van der Waals surface area contributed by atoms with Gasteiger partial charge in [-0.05, 0) is 72.1 Å². The summed E-state index contributed by atoms with van der Waals surface area (Å²) < 4.78 is 0. The Bertz CT molecular complexity index is 592. The first-order valence-corrected chi connectivity index (χ1v) is 7.55. The van der Waals surface area contributed by atoms with Crippen LogP contribution in [0.5, 0.6) is 0 Å². The highest BCUT2D eigenvalue weighted by atomic mass is 14.8. The van der Waals surface area contributed by atoms with Crippen LogP contribution in [0.15, 0.2) is 54.3 Å². The van der Waals surface area contributed by atoms with Gasteiger partial charge in [-0.2, -0.15) is 0 Å². The Morgan fingerprint density at radius 2 is 1.90 bits per heavy atom. The molecule has 2 aliphatic carbocycles. The van der Waals surface area contributed by atoms with Crippen LogP contribution in [0.3, 0.4) is 0 Å². The number of hydrogen-bond donors (Lipinski definition) is 1. The van der Waals surface area contributed by atoms with Crippen molar-refractivity contribution in [3.63, 3.8) is 0 Å². The van der Waals surface area contributed by atoms with E-state index in [1.165, 1.54) is 41.5 Å². The number of nitrogens with one attached hydrogen (secondary N) is 1. The fourth-order valence-electron chi connectivity index (χ4n) is 3.77. The first-order chi connectivity index (χ1) is 9.70. The van der Waals surface area contributed by atoms with Gasteiger partial charge in [-0.3, -0.25) is 0 Å².